The molecule has 1 N–H and O–H groups in total. The molecule has 0 aliphatic heterocycles. The molecule has 1 unspecified atom stereocenters. The lowest BCUT2D eigenvalue weighted by atomic mass is 10.1. The molecule has 0 aliphatic rings. The number of rotatable bonds is 10. The number of benzene rings is 2. The first-order valence-electron chi connectivity index (χ1n) is 9.94. The molecule has 0 bridgehead atoms. The molecule has 168 valence electrons. The molecule has 1 heterocycles. The number of ether oxygens (including phenoxy) is 4. The lowest BCUT2D eigenvalue weighted by Crippen LogP contribution is -2.31. The smallest absolute Gasteiger partial charge is 0.375 e. The van der Waals surface area contributed by atoms with Crippen LogP contribution in [0.25, 0.3) is 0 Å². The third-order valence-corrected chi connectivity index (χ3v) is 4.68. The van der Waals surface area contributed by atoms with Crippen LogP contribution in [-0.2, 0) is 16.1 Å². The number of esters is 1. The van der Waals surface area contributed by atoms with E-state index in [-0.39, 0.29) is 12.4 Å². The second-order valence-corrected chi connectivity index (χ2v) is 6.85. The summed E-state index contributed by atoms with van der Waals surface area (Å²) in [5.74, 6) is 0.684. The Morgan fingerprint density at radius 3 is 2.50 bits per heavy atom. The number of nitrogens with one attached hydrogen (secondary N) is 1. The van der Waals surface area contributed by atoms with E-state index in [4.69, 9.17) is 23.4 Å². The highest BCUT2D eigenvalue weighted by Gasteiger charge is 2.20. The largest absolute Gasteiger partial charge is 0.497 e. The zero-order chi connectivity index (χ0) is 22.9. The van der Waals surface area contributed by atoms with Gasteiger partial charge >= 0.3 is 5.97 Å². The molecule has 1 atom stereocenters. The third-order valence-electron chi connectivity index (χ3n) is 4.68. The Morgan fingerprint density at radius 1 is 1.00 bits per heavy atom. The Labute approximate surface area is 186 Å². The molecule has 3 aromatic rings. The monoisotopic (exact) mass is 439 g/mol. The number of methoxy groups -OCH3 is 2. The first-order chi connectivity index (χ1) is 15.5. The summed E-state index contributed by atoms with van der Waals surface area (Å²) in [7, 11) is 3.10. The first-order valence-corrected chi connectivity index (χ1v) is 9.94. The third kappa shape index (κ3) is 5.81. The highest BCUT2D eigenvalue weighted by Crippen LogP contribution is 2.29. The summed E-state index contributed by atoms with van der Waals surface area (Å²) in [4.78, 5) is 24.7. The Morgan fingerprint density at radius 2 is 1.78 bits per heavy atom. The van der Waals surface area contributed by atoms with E-state index in [1.807, 2.05) is 18.2 Å². The minimum Gasteiger partial charge on any atom is -0.497 e. The number of para-hydroxylation sites is 1. The molecule has 1 aromatic heterocycles. The summed E-state index contributed by atoms with van der Waals surface area (Å²) < 4.78 is 26.6. The second-order valence-electron chi connectivity index (χ2n) is 6.85. The fourth-order valence-corrected chi connectivity index (χ4v) is 3.04. The van der Waals surface area contributed by atoms with E-state index in [1.165, 1.54) is 6.26 Å². The molecule has 0 radical (unpaired) electrons. The summed E-state index contributed by atoms with van der Waals surface area (Å²) >= 11 is 0. The van der Waals surface area contributed by atoms with Crippen LogP contribution in [0.15, 0.2) is 65.3 Å². The fourth-order valence-electron chi connectivity index (χ4n) is 3.04. The number of carbonyl (C=O) groups is 2. The molecular formula is C24H25NO7. The van der Waals surface area contributed by atoms with Gasteiger partial charge in [-0.25, -0.2) is 4.79 Å². The average Bonchev–Trinajstić information content (AvgIpc) is 3.30. The molecule has 1 amide bonds. The SMILES string of the molecule is COc1ccc(OC)c(C(C)NC(=O)COC(=O)c2occc2COc2ccccc2)c1. The Balaban J connectivity index is 1.54. The zero-order valence-electron chi connectivity index (χ0n) is 18.1. The van der Waals surface area contributed by atoms with Gasteiger partial charge in [-0.3, -0.25) is 4.79 Å². The van der Waals surface area contributed by atoms with Crippen molar-refractivity contribution >= 4 is 11.9 Å². The van der Waals surface area contributed by atoms with Gasteiger partial charge in [0.2, 0.25) is 5.76 Å². The van der Waals surface area contributed by atoms with Crippen LogP contribution in [0, 0.1) is 0 Å². The van der Waals surface area contributed by atoms with Crippen molar-refractivity contribution < 1.29 is 33.0 Å². The van der Waals surface area contributed by atoms with E-state index in [0.717, 1.165) is 5.56 Å². The molecule has 0 saturated carbocycles. The molecule has 8 nitrogen and oxygen atoms in total. The summed E-state index contributed by atoms with van der Waals surface area (Å²) in [6.07, 6.45) is 1.37. The topological polar surface area (TPSA) is 96.2 Å². The lowest BCUT2D eigenvalue weighted by Gasteiger charge is -2.18. The Bertz CT molecular complexity index is 1050. The molecule has 0 saturated heterocycles. The molecule has 2 aromatic carbocycles. The fraction of sp³-hybridized carbons (Fsp3) is 0.250. The van der Waals surface area contributed by atoms with Gasteiger partial charge in [0, 0.05) is 11.1 Å². The van der Waals surface area contributed by atoms with Gasteiger partial charge in [-0.05, 0) is 43.3 Å². The van der Waals surface area contributed by atoms with Crippen LogP contribution in [0.5, 0.6) is 17.2 Å². The average molecular weight is 439 g/mol. The molecule has 8 heteroatoms. The van der Waals surface area contributed by atoms with Crippen LogP contribution in [0.1, 0.15) is 34.6 Å². The van der Waals surface area contributed by atoms with Gasteiger partial charge < -0.3 is 28.7 Å². The van der Waals surface area contributed by atoms with Gasteiger partial charge in [0.05, 0.1) is 26.5 Å². The van der Waals surface area contributed by atoms with Gasteiger partial charge in [0.1, 0.15) is 23.9 Å². The van der Waals surface area contributed by atoms with E-state index in [1.54, 1.807) is 57.5 Å². The van der Waals surface area contributed by atoms with Crippen molar-refractivity contribution in [2.45, 2.75) is 19.6 Å². The van der Waals surface area contributed by atoms with E-state index < -0.39 is 24.5 Å². The van der Waals surface area contributed by atoms with Crippen LogP contribution < -0.4 is 19.5 Å². The number of carbonyl (C=O) groups excluding carboxylic acids is 2. The van der Waals surface area contributed by atoms with E-state index in [9.17, 15) is 9.59 Å². The number of hydrogen-bond acceptors (Lipinski definition) is 7. The van der Waals surface area contributed by atoms with Crippen LogP contribution in [-0.4, -0.2) is 32.7 Å². The van der Waals surface area contributed by atoms with Crippen LogP contribution in [0.3, 0.4) is 0 Å². The summed E-state index contributed by atoms with van der Waals surface area (Å²) in [5.41, 5.74) is 1.26. The predicted molar refractivity (Wildman–Crippen MR) is 116 cm³/mol. The maximum Gasteiger partial charge on any atom is 0.375 e. The van der Waals surface area contributed by atoms with Crippen molar-refractivity contribution in [3.05, 3.63) is 77.7 Å². The second kappa shape index (κ2) is 10.9. The molecular weight excluding hydrogens is 414 g/mol. The molecule has 32 heavy (non-hydrogen) atoms. The number of furan rings is 1. The lowest BCUT2D eigenvalue weighted by molar-refractivity contribution is -0.124. The predicted octanol–water partition coefficient (Wildman–Crippen LogP) is 3.91. The quantitative estimate of drug-likeness (QED) is 0.479. The van der Waals surface area contributed by atoms with Gasteiger partial charge in [-0.2, -0.15) is 0 Å². The maximum absolute atomic E-state index is 12.4. The normalized spacial score (nSPS) is 11.3. The van der Waals surface area contributed by atoms with Gasteiger partial charge in [-0.15, -0.1) is 0 Å². The minimum atomic E-state index is -0.747. The molecule has 3 rings (SSSR count). The first kappa shape index (κ1) is 22.7. The van der Waals surface area contributed by atoms with E-state index >= 15 is 0 Å². The van der Waals surface area contributed by atoms with Crippen molar-refractivity contribution in [1.82, 2.24) is 5.32 Å². The van der Waals surface area contributed by atoms with Crippen molar-refractivity contribution in [3.8, 4) is 17.2 Å². The van der Waals surface area contributed by atoms with Gasteiger partial charge in [-0.1, -0.05) is 18.2 Å². The standard InChI is InChI=1S/C24H25NO7/c1-16(20-13-19(28-2)9-10-21(20)29-3)25-22(26)15-32-24(27)23-17(11-12-30-23)14-31-18-7-5-4-6-8-18/h4-13,16H,14-15H2,1-3H3,(H,25,26). The zero-order valence-corrected chi connectivity index (χ0v) is 18.1. The number of amides is 1. The molecule has 0 spiro atoms. The molecule has 0 aliphatic carbocycles. The van der Waals surface area contributed by atoms with Gasteiger partial charge in [0.15, 0.2) is 6.61 Å². The summed E-state index contributed by atoms with van der Waals surface area (Å²) in [6.45, 7) is 1.46. The minimum absolute atomic E-state index is 0.00348. The van der Waals surface area contributed by atoms with Crippen molar-refractivity contribution in [3.63, 3.8) is 0 Å². The maximum atomic E-state index is 12.4. The van der Waals surface area contributed by atoms with Crippen LogP contribution in [0.4, 0.5) is 0 Å². The van der Waals surface area contributed by atoms with E-state index in [0.29, 0.717) is 22.8 Å². The van der Waals surface area contributed by atoms with Crippen molar-refractivity contribution in [2.24, 2.45) is 0 Å². The van der Waals surface area contributed by atoms with Gasteiger partial charge in [0.25, 0.3) is 5.91 Å². The molecule has 0 fully saturated rings. The highest BCUT2D eigenvalue weighted by atomic mass is 16.5. The van der Waals surface area contributed by atoms with Crippen LogP contribution >= 0.6 is 0 Å². The number of hydrogen-bond donors (Lipinski definition) is 1. The van der Waals surface area contributed by atoms with Crippen molar-refractivity contribution in [1.29, 1.82) is 0 Å². The summed E-state index contributed by atoms with van der Waals surface area (Å²) in [6, 6.07) is 15.7. The Hall–Kier alpha value is -3.94. The van der Waals surface area contributed by atoms with Crippen molar-refractivity contribution in [2.75, 3.05) is 20.8 Å². The van der Waals surface area contributed by atoms with Crippen LogP contribution in [0.2, 0.25) is 0 Å². The summed E-state index contributed by atoms with van der Waals surface area (Å²) in [5, 5.41) is 2.78. The Kier molecular flexibility index (Phi) is 7.75. The highest BCUT2D eigenvalue weighted by molar-refractivity contribution is 5.90. The van der Waals surface area contributed by atoms with E-state index in [2.05, 4.69) is 5.32 Å².